The van der Waals surface area contributed by atoms with Crippen molar-refractivity contribution < 1.29 is 14.4 Å². The Balaban J connectivity index is 1.61. The monoisotopic (exact) mass is 452 g/mol. The number of anilines is 2. The molecule has 4 rings (SSSR count). The van der Waals surface area contributed by atoms with E-state index < -0.39 is 11.8 Å². The van der Waals surface area contributed by atoms with Crippen LogP contribution in [0.25, 0.3) is 0 Å². The lowest BCUT2D eigenvalue weighted by atomic mass is 9.97. The van der Waals surface area contributed by atoms with Crippen molar-refractivity contribution in [2.75, 3.05) is 10.6 Å². The van der Waals surface area contributed by atoms with Crippen LogP contribution in [-0.2, 0) is 6.54 Å². The van der Waals surface area contributed by atoms with Crippen LogP contribution in [0.2, 0.25) is 0 Å². The summed E-state index contributed by atoms with van der Waals surface area (Å²) >= 11 is 0. The van der Waals surface area contributed by atoms with Crippen LogP contribution in [0.15, 0.2) is 85.1 Å². The van der Waals surface area contributed by atoms with Crippen molar-refractivity contribution in [2.45, 2.75) is 20.4 Å². The second-order valence-electron chi connectivity index (χ2n) is 7.76. The molecule has 4 aromatic rings. The molecule has 0 aliphatic rings. The summed E-state index contributed by atoms with van der Waals surface area (Å²) < 4.78 is 1.57. The Morgan fingerprint density at radius 2 is 1.44 bits per heavy atom. The van der Waals surface area contributed by atoms with Crippen molar-refractivity contribution in [3.8, 4) is 0 Å². The van der Waals surface area contributed by atoms with Gasteiger partial charge in [0.2, 0.25) is 0 Å². The zero-order valence-electron chi connectivity index (χ0n) is 18.9. The van der Waals surface area contributed by atoms with Gasteiger partial charge in [-0.05, 0) is 32.0 Å². The number of aryl methyl sites for hydroxylation is 2. The summed E-state index contributed by atoms with van der Waals surface area (Å²) in [5.74, 6) is -1.20. The first-order chi connectivity index (χ1) is 16.5. The Kier molecular flexibility index (Phi) is 6.64. The number of aromatic nitrogens is 2. The number of carbonyl (C=O) groups is 3. The summed E-state index contributed by atoms with van der Waals surface area (Å²) in [6.45, 7) is 4.34. The fourth-order valence-electron chi connectivity index (χ4n) is 3.48. The highest BCUT2D eigenvalue weighted by molar-refractivity contribution is 6.18. The van der Waals surface area contributed by atoms with Gasteiger partial charge in [-0.15, -0.1) is 0 Å². The Bertz CT molecular complexity index is 1340. The zero-order valence-corrected chi connectivity index (χ0v) is 18.9. The summed E-state index contributed by atoms with van der Waals surface area (Å²) in [6, 6.07) is 22.8. The number of nitrogens with one attached hydrogen (secondary N) is 2. The fraction of sp³-hybridized carbons (Fsp3) is 0.111. The van der Waals surface area contributed by atoms with Gasteiger partial charge in [0, 0.05) is 29.6 Å². The lowest BCUT2D eigenvalue weighted by Gasteiger charge is -2.10. The third kappa shape index (κ3) is 4.94. The van der Waals surface area contributed by atoms with E-state index >= 15 is 0 Å². The standard InChI is InChI=1S/C27H24N4O3/c1-3-31-17-23(24(30-31)27(34)28-20-9-5-4-6-10-20)29-26(33)22-12-8-7-11-21(22)25(32)19-15-13-18(2)14-16-19/h4-17H,3H2,1-2H3,(H,28,34)(H,29,33). The van der Waals surface area contributed by atoms with Crippen molar-refractivity contribution in [3.63, 3.8) is 0 Å². The van der Waals surface area contributed by atoms with E-state index in [4.69, 9.17) is 0 Å². The van der Waals surface area contributed by atoms with Gasteiger partial charge in [-0.3, -0.25) is 19.1 Å². The molecule has 0 spiro atoms. The first kappa shape index (κ1) is 22.7. The van der Waals surface area contributed by atoms with Crippen LogP contribution in [0.4, 0.5) is 11.4 Å². The lowest BCUT2D eigenvalue weighted by Crippen LogP contribution is -2.20. The molecule has 0 fully saturated rings. The van der Waals surface area contributed by atoms with Gasteiger partial charge >= 0.3 is 0 Å². The lowest BCUT2D eigenvalue weighted by molar-refractivity contribution is 0.0995. The second-order valence-corrected chi connectivity index (χ2v) is 7.76. The zero-order chi connectivity index (χ0) is 24.1. The van der Waals surface area contributed by atoms with Crippen LogP contribution in [-0.4, -0.2) is 27.4 Å². The Hall–Kier alpha value is -4.52. The van der Waals surface area contributed by atoms with Crippen LogP contribution < -0.4 is 10.6 Å². The molecule has 0 unspecified atom stereocenters. The average molecular weight is 453 g/mol. The Morgan fingerprint density at radius 3 is 2.12 bits per heavy atom. The topological polar surface area (TPSA) is 93.1 Å². The number of rotatable bonds is 7. The second kappa shape index (κ2) is 9.95. The molecule has 2 amide bonds. The molecule has 1 heterocycles. The van der Waals surface area contributed by atoms with Gasteiger partial charge in [0.15, 0.2) is 11.5 Å². The molecule has 34 heavy (non-hydrogen) atoms. The highest BCUT2D eigenvalue weighted by atomic mass is 16.2. The number of carbonyl (C=O) groups excluding carboxylic acids is 3. The van der Waals surface area contributed by atoms with Crippen molar-refractivity contribution in [1.82, 2.24) is 9.78 Å². The van der Waals surface area contributed by atoms with E-state index in [0.29, 0.717) is 17.8 Å². The molecular formula is C27H24N4O3. The molecule has 0 aliphatic heterocycles. The van der Waals surface area contributed by atoms with Crippen LogP contribution in [0, 0.1) is 6.92 Å². The van der Waals surface area contributed by atoms with E-state index in [2.05, 4.69) is 15.7 Å². The number of ketones is 1. The van der Waals surface area contributed by atoms with Gasteiger partial charge in [-0.2, -0.15) is 5.10 Å². The minimum Gasteiger partial charge on any atom is -0.321 e. The number of para-hydroxylation sites is 1. The first-order valence-electron chi connectivity index (χ1n) is 10.9. The molecular weight excluding hydrogens is 428 g/mol. The van der Waals surface area contributed by atoms with Crippen molar-refractivity contribution in [2.24, 2.45) is 0 Å². The van der Waals surface area contributed by atoms with Crippen LogP contribution in [0.3, 0.4) is 0 Å². The third-order valence-corrected chi connectivity index (χ3v) is 5.31. The Morgan fingerprint density at radius 1 is 0.794 bits per heavy atom. The molecule has 0 bridgehead atoms. The Labute approximate surface area is 197 Å². The van der Waals surface area contributed by atoms with Gasteiger partial charge in [0.05, 0.1) is 11.3 Å². The maximum Gasteiger partial charge on any atom is 0.278 e. The predicted molar refractivity (Wildman–Crippen MR) is 131 cm³/mol. The maximum absolute atomic E-state index is 13.2. The number of nitrogens with zero attached hydrogens (tertiary/aromatic N) is 2. The number of benzene rings is 3. The quantitative estimate of drug-likeness (QED) is 0.388. The minimum absolute atomic E-state index is 0.0846. The van der Waals surface area contributed by atoms with Crippen LogP contribution in [0.1, 0.15) is 49.3 Å². The number of hydrogen-bond donors (Lipinski definition) is 2. The van der Waals surface area contributed by atoms with Gasteiger partial charge < -0.3 is 10.6 Å². The van der Waals surface area contributed by atoms with E-state index in [9.17, 15) is 14.4 Å². The van der Waals surface area contributed by atoms with E-state index in [1.165, 1.54) is 0 Å². The van der Waals surface area contributed by atoms with Crippen LogP contribution >= 0.6 is 0 Å². The summed E-state index contributed by atoms with van der Waals surface area (Å²) in [4.78, 5) is 39.2. The first-order valence-corrected chi connectivity index (χ1v) is 10.9. The molecule has 0 aliphatic carbocycles. The van der Waals surface area contributed by atoms with Crippen molar-refractivity contribution in [1.29, 1.82) is 0 Å². The highest BCUT2D eigenvalue weighted by Crippen LogP contribution is 2.20. The summed E-state index contributed by atoms with van der Waals surface area (Å²) in [7, 11) is 0. The summed E-state index contributed by atoms with van der Waals surface area (Å²) in [5, 5.41) is 9.86. The smallest absolute Gasteiger partial charge is 0.278 e. The molecule has 1 aromatic heterocycles. The largest absolute Gasteiger partial charge is 0.321 e. The molecule has 3 aromatic carbocycles. The minimum atomic E-state index is -0.500. The SMILES string of the molecule is CCn1cc(NC(=O)c2ccccc2C(=O)c2ccc(C)cc2)c(C(=O)Nc2ccccc2)n1. The fourth-order valence-corrected chi connectivity index (χ4v) is 3.48. The number of hydrogen-bond acceptors (Lipinski definition) is 4. The predicted octanol–water partition coefficient (Wildman–Crippen LogP) is 4.95. The maximum atomic E-state index is 13.2. The van der Waals surface area contributed by atoms with Gasteiger partial charge in [0.1, 0.15) is 0 Å². The van der Waals surface area contributed by atoms with Crippen LogP contribution in [0.5, 0.6) is 0 Å². The van der Waals surface area contributed by atoms with Gasteiger partial charge in [-0.25, -0.2) is 0 Å². The van der Waals surface area contributed by atoms with Crippen molar-refractivity contribution >= 4 is 29.0 Å². The van der Waals surface area contributed by atoms with Gasteiger partial charge in [0.25, 0.3) is 11.8 Å². The molecule has 7 nitrogen and oxygen atoms in total. The summed E-state index contributed by atoms with van der Waals surface area (Å²) in [6.07, 6.45) is 1.60. The highest BCUT2D eigenvalue weighted by Gasteiger charge is 2.22. The van der Waals surface area contributed by atoms with Gasteiger partial charge in [-0.1, -0.05) is 66.2 Å². The molecule has 0 radical (unpaired) electrons. The van der Waals surface area contributed by atoms with E-state index in [0.717, 1.165) is 5.56 Å². The molecule has 0 saturated heterocycles. The molecule has 0 atom stereocenters. The molecule has 7 heteroatoms. The van der Waals surface area contributed by atoms with E-state index in [-0.39, 0.29) is 28.3 Å². The van der Waals surface area contributed by atoms with E-state index in [1.54, 1.807) is 59.4 Å². The average Bonchev–Trinajstić information content (AvgIpc) is 3.27. The van der Waals surface area contributed by atoms with Crippen molar-refractivity contribution in [3.05, 3.63) is 113 Å². The van der Waals surface area contributed by atoms with E-state index in [1.807, 2.05) is 44.2 Å². The number of amides is 2. The molecule has 2 N–H and O–H groups in total. The molecule has 170 valence electrons. The third-order valence-electron chi connectivity index (χ3n) is 5.31. The molecule has 0 saturated carbocycles. The normalized spacial score (nSPS) is 10.5. The summed E-state index contributed by atoms with van der Waals surface area (Å²) in [5.41, 5.74) is 2.99.